The van der Waals surface area contributed by atoms with Crippen LogP contribution in [-0.2, 0) is 5.41 Å². The van der Waals surface area contributed by atoms with Gasteiger partial charge in [0, 0.05) is 18.7 Å². The topological polar surface area (TPSA) is 32.3 Å². The summed E-state index contributed by atoms with van der Waals surface area (Å²) in [6.45, 7) is 8.48. The van der Waals surface area contributed by atoms with Crippen LogP contribution < -0.4 is 5.32 Å². The number of hydrogen-bond acceptors (Lipinski definition) is 2. The van der Waals surface area contributed by atoms with Crippen LogP contribution >= 0.6 is 0 Å². The second kappa shape index (κ2) is 5.96. The summed E-state index contributed by atoms with van der Waals surface area (Å²) in [6, 6.07) is 8.36. The first-order valence-electron chi connectivity index (χ1n) is 7.48. The molecule has 20 heavy (non-hydrogen) atoms. The number of nitrogens with zero attached hydrogens (tertiary/aromatic N) is 1. The molecule has 0 radical (unpaired) electrons. The summed E-state index contributed by atoms with van der Waals surface area (Å²) in [4.78, 5) is 14.8. The van der Waals surface area contributed by atoms with Gasteiger partial charge in [-0.3, -0.25) is 4.79 Å². The normalized spacial score (nSPS) is 17.0. The molecule has 1 N–H and O–H groups in total. The van der Waals surface area contributed by atoms with Gasteiger partial charge in [0.05, 0.1) is 0 Å². The van der Waals surface area contributed by atoms with Crippen LogP contribution in [0.5, 0.6) is 0 Å². The standard InChI is InChI=1S/C17H26N2O/c1-17(2,3)15-8-6-5-7-14(15)16(20)19(4)13-9-11-18-12-10-13/h5-8,13,18H,9-12H2,1-4H3. The molecule has 0 spiro atoms. The Morgan fingerprint density at radius 2 is 1.80 bits per heavy atom. The number of amides is 1. The fraction of sp³-hybridized carbons (Fsp3) is 0.588. The minimum atomic E-state index is -0.0127. The molecule has 1 heterocycles. The Labute approximate surface area is 122 Å². The summed E-state index contributed by atoms with van der Waals surface area (Å²) in [7, 11) is 1.94. The predicted molar refractivity (Wildman–Crippen MR) is 83.1 cm³/mol. The molecule has 0 aromatic heterocycles. The highest BCUT2D eigenvalue weighted by atomic mass is 16.2. The molecule has 1 aromatic carbocycles. The Kier molecular flexibility index (Phi) is 4.48. The number of rotatable bonds is 2. The Morgan fingerprint density at radius 3 is 2.40 bits per heavy atom. The molecule has 0 unspecified atom stereocenters. The highest BCUT2D eigenvalue weighted by Gasteiger charge is 2.27. The number of piperidine rings is 1. The van der Waals surface area contributed by atoms with Gasteiger partial charge in [-0.1, -0.05) is 39.0 Å². The number of nitrogens with one attached hydrogen (secondary N) is 1. The number of carbonyl (C=O) groups excluding carboxylic acids is 1. The minimum absolute atomic E-state index is 0.0127. The zero-order valence-corrected chi connectivity index (χ0v) is 13.1. The van der Waals surface area contributed by atoms with Crippen molar-refractivity contribution >= 4 is 5.91 Å². The molecule has 1 saturated heterocycles. The second-order valence-electron chi connectivity index (χ2n) is 6.69. The van der Waals surface area contributed by atoms with Crippen molar-refractivity contribution in [3.05, 3.63) is 35.4 Å². The smallest absolute Gasteiger partial charge is 0.254 e. The van der Waals surface area contributed by atoms with Crippen molar-refractivity contribution in [1.82, 2.24) is 10.2 Å². The van der Waals surface area contributed by atoms with E-state index in [1.165, 1.54) is 0 Å². The quantitative estimate of drug-likeness (QED) is 0.899. The second-order valence-corrected chi connectivity index (χ2v) is 6.69. The average Bonchev–Trinajstić information content (AvgIpc) is 2.46. The molecule has 110 valence electrons. The lowest BCUT2D eigenvalue weighted by Gasteiger charge is -2.33. The molecule has 2 rings (SSSR count). The third-order valence-electron chi connectivity index (χ3n) is 4.14. The van der Waals surface area contributed by atoms with E-state index in [-0.39, 0.29) is 11.3 Å². The van der Waals surface area contributed by atoms with Crippen LogP contribution in [0.25, 0.3) is 0 Å². The van der Waals surface area contributed by atoms with Gasteiger partial charge < -0.3 is 10.2 Å². The Bertz CT molecular complexity index is 470. The average molecular weight is 274 g/mol. The summed E-state index contributed by atoms with van der Waals surface area (Å²) in [6.07, 6.45) is 2.08. The van der Waals surface area contributed by atoms with Crippen molar-refractivity contribution in [2.45, 2.75) is 45.1 Å². The molecule has 0 atom stereocenters. The van der Waals surface area contributed by atoms with Gasteiger partial charge in [-0.05, 0) is 43.0 Å². The van der Waals surface area contributed by atoms with E-state index in [1.54, 1.807) is 0 Å². The fourth-order valence-corrected chi connectivity index (χ4v) is 2.87. The van der Waals surface area contributed by atoms with Gasteiger partial charge >= 0.3 is 0 Å². The monoisotopic (exact) mass is 274 g/mol. The predicted octanol–water partition coefficient (Wildman–Crippen LogP) is 2.81. The van der Waals surface area contributed by atoms with E-state index in [0.717, 1.165) is 37.1 Å². The molecule has 1 aromatic rings. The van der Waals surface area contributed by atoms with Crippen LogP contribution in [0.15, 0.2) is 24.3 Å². The molecule has 1 aliphatic rings. The first-order valence-corrected chi connectivity index (χ1v) is 7.48. The van der Waals surface area contributed by atoms with E-state index in [1.807, 2.05) is 30.1 Å². The highest BCUT2D eigenvalue weighted by Crippen LogP contribution is 2.27. The van der Waals surface area contributed by atoms with E-state index in [2.05, 4.69) is 32.2 Å². The van der Waals surface area contributed by atoms with E-state index in [9.17, 15) is 4.79 Å². The maximum atomic E-state index is 12.8. The van der Waals surface area contributed by atoms with Crippen LogP contribution in [0.2, 0.25) is 0 Å². The van der Waals surface area contributed by atoms with Crippen LogP contribution in [0, 0.1) is 0 Å². The Morgan fingerprint density at radius 1 is 1.20 bits per heavy atom. The largest absolute Gasteiger partial charge is 0.339 e. The van der Waals surface area contributed by atoms with E-state index < -0.39 is 0 Å². The summed E-state index contributed by atoms with van der Waals surface area (Å²) in [5, 5.41) is 3.35. The molecular weight excluding hydrogens is 248 g/mol. The van der Waals surface area contributed by atoms with Gasteiger partial charge in [0.2, 0.25) is 0 Å². The lowest BCUT2D eigenvalue weighted by Crippen LogP contribution is -2.44. The van der Waals surface area contributed by atoms with Gasteiger partial charge in [-0.25, -0.2) is 0 Å². The molecule has 0 bridgehead atoms. The van der Waals surface area contributed by atoms with Crippen LogP contribution in [-0.4, -0.2) is 37.0 Å². The van der Waals surface area contributed by atoms with Gasteiger partial charge in [-0.15, -0.1) is 0 Å². The molecule has 1 fully saturated rings. The zero-order valence-electron chi connectivity index (χ0n) is 13.1. The number of carbonyl (C=O) groups is 1. The van der Waals surface area contributed by atoms with Crippen molar-refractivity contribution < 1.29 is 4.79 Å². The molecule has 3 heteroatoms. The van der Waals surface area contributed by atoms with Crippen LogP contribution in [0.1, 0.15) is 49.5 Å². The van der Waals surface area contributed by atoms with Gasteiger partial charge in [0.15, 0.2) is 0 Å². The third kappa shape index (κ3) is 3.21. The number of hydrogen-bond donors (Lipinski definition) is 1. The summed E-state index contributed by atoms with van der Waals surface area (Å²) >= 11 is 0. The maximum Gasteiger partial charge on any atom is 0.254 e. The maximum absolute atomic E-state index is 12.8. The van der Waals surface area contributed by atoms with E-state index >= 15 is 0 Å². The first-order chi connectivity index (χ1) is 9.41. The Hall–Kier alpha value is -1.35. The zero-order chi connectivity index (χ0) is 14.8. The summed E-state index contributed by atoms with van der Waals surface area (Å²) in [5.41, 5.74) is 1.97. The van der Waals surface area contributed by atoms with Crippen molar-refractivity contribution in [3.63, 3.8) is 0 Å². The van der Waals surface area contributed by atoms with Crippen molar-refractivity contribution in [2.75, 3.05) is 20.1 Å². The lowest BCUT2D eigenvalue weighted by atomic mass is 9.83. The van der Waals surface area contributed by atoms with Crippen molar-refractivity contribution in [1.29, 1.82) is 0 Å². The van der Waals surface area contributed by atoms with E-state index in [4.69, 9.17) is 0 Å². The minimum Gasteiger partial charge on any atom is -0.339 e. The molecule has 0 saturated carbocycles. The lowest BCUT2D eigenvalue weighted by molar-refractivity contribution is 0.0700. The molecule has 1 amide bonds. The SMILES string of the molecule is CN(C(=O)c1ccccc1C(C)(C)C)C1CCNCC1. The fourth-order valence-electron chi connectivity index (χ4n) is 2.87. The van der Waals surface area contributed by atoms with Crippen molar-refractivity contribution in [3.8, 4) is 0 Å². The highest BCUT2D eigenvalue weighted by molar-refractivity contribution is 5.96. The van der Waals surface area contributed by atoms with Gasteiger partial charge in [0.1, 0.15) is 0 Å². The Balaban J connectivity index is 2.24. The van der Waals surface area contributed by atoms with E-state index in [0.29, 0.717) is 6.04 Å². The summed E-state index contributed by atoms with van der Waals surface area (Å²) < 4.78 is 0. The van der Waals surface area contributed by atoms with Crippen molar-refractivity contribution in [2.24, 2.45) is 0 Å². The third-order valence-corrected chi connectivity index (χ3v) is 4.14. The first kappa shape index (κ1) is 15.0. The number of benzene rings is 1. The summed E-state index contributed by atoms with van der Waals surface area (Å²) in [5.74, 6) is 0.155. The molecular formula is C17H26N2O. The van der Waals surface area contributed by atoms with Crippen LogP contribution in [0.4, 0.5) is 0 Å². The van der Waals surface area contributed by atoms with Crippen LogP contribution in [0.3, 0.4) is 0 Å². The van der Waals surface area contributed by atoms with Gasteiger partial charge in [0.25, 0.3) is 5.91 Å². The molecule has 0 aliphatic carbocycles. The molecule has 1 aliphatic heterocycles. The van der Waals surface area contributed by atoms with Gasteiger partial charge in [-0.2, -0.15) is 0 Å². The molecule has 3 nitrogen and oxygen atoms in total.